The lowest BCUT2D eigenvalue weighted by Crippen LogP contribution is -1.98. The normalized spacial score (nSPS) is 12.4. The fourth-order valence-corrected chi connectivity index (χ4v) is 2.98. The van der Waals surface area contributed by atoms with E-state index in [2.05, 4.69) is 40.3 Å². The van der Waals surface area contributed by atoms with Gasteiger partial charge in [-0.1, -0.05) is 42.5 Å². The van der Waals surface area contributed by atoms with E-state index in [1.807, 2.05) is 24.5 Å². The quantitative estimate of drug-likeness (QED) is 0.701. The van der Waals surface area contributed by atoms with Crippen LogP contribution in [0.15, 0.2) is 60.9 Å². The standard InChI is InChI=1S/C21H17FN2/c22-20-9-4-15(5-10-20)6-11-21-23-13-19(14-24-21)18-8-7-16-2-1-3-17(16)12-18/h1-2,4-5,7-10,12-14H,3,6,11H2. The summed E-state index contributed by atoms with van der Waals surface area (Å²) in [5, 5.41) is 0. The lowest BCUT2D eigenvalue weighted by Gasteiger charge is -2.06. The van der Waals surface area contributed by atoms with Gasteiger partial charge in [0.25, 0.3) is 0 Å². The molecule has 1 aliphatic rings. The first-order valence-corrected chi connectivity index (χ1v) is 8.13. The van der Waals surface area contributed by atoms with Gasteiger partial charge in [0.15, 0.2) is 0 Å². The Hall–Kier alpha value is -2.81. The van der Waals surface area contributed by atoms with Crippen molar-refractivity contribution >= 4 is 6.08 Å². The number of benzene rings is 2. The summed E-state index contributed by atoms with van der Waals surface area (Å²) >= 11 is 0. The van der Waals surface area contributed by atoms with Crippen LogP contribution < -0.4 is 0 Å². The van der Waals surface area contributed by atoms with Gasteiger partial charge in [0.2, 0.25) is 0 Å². The molecule has 118 valence electrons. The minimum atomic E-state index is -0.205. The summed E-state index contributed by atoms with van der Waals surface area (Å²) in [5.74, 6) is 0.606. The topological polar surface area (TPSA) is 25.8 Å². The summed E-state index contributed by atoms with van der Waals surface area (Å²) in [5.41, 5.74) is 5.94. The molecule has 0 bridgehead atoms. The number of hydrogen-bond donors (Lipinski definition) is 0. The highest BCUT2D eigenvalue weighted by Crippen LogP contribution is 2.26. The Labute approximate surface area is 140 Å². The van der Waals surface area contributed by atoms with Crippen LogP contribution in [0.3, 0.4) is 0 Å². The molecule has 2 nitrogen and oxygen atoms in total. The van der Waals surface area contributed by atoms with Crippen molar-refractivity contribution in [1.29, 1.82) is 0 Å². The Morgan fingerprint density at radius 1 is 0.875 bits per heavy atom. The van der Waals surface area contributed by atoms with Gasteiger partial charge < -0.3 is 0 Å². The number of aromatic nitrogens is 2. The number of allylic oxidation sites excluding steroid dienone is 1. The van der Waals surface area contributed by atoms with E-state index >= 15 is 0 Å². The molecule has 0 N–H and O–H groups in total. The van der Waals surface area contributed by atoms with Crippen molar-refractivity contribution in [3.8, 4) is 11.1 Å². The zero-order chi connectivity index (χ0) is 16.4. The molecule has 24 heavy (non-hydrogen) atoms. The Bertz CT molecular complexity index is 881. The maximum atomic E-state index is 12.9. The van der Waals surface area contributed by atoms with Gasteiger partial charge in [0, 0.05) is 24.4 Å². The number of nitrogens with zero attached hydrogens (tertiary/aromatic N) is 2. The van der Waals surface area contributed by atoms with Gasteiger partial charge in [-0.2, -0.15) is 0 Å². The Morgan fingerprint density at radius 2 is 1.67 bits per heavy atom. The van der Waals surface area contributed by atoms with Crippen molar-refractivity contribution < 1.29 is 4.39 Å². The number of fused-ring (bicyclic) bond motifs is 1. The van der Waals surface area contributed by atoms with Crippen LogP contribution in [0.5, 0.6) is 0 Å². The summed E-state index contributed by atoms with van der Waals surface area (Å²) in [6, 6.07) is 13.1. The molecule has 0 unspecified atom stereocenters. The number of aryl methyl sites for hydroxylation is 2. The van der Waals surface area contributed by atoms with E-state index in [0.29, 0.717) is 0 Å². The van der Waals surface area contributed by atoms with Crippen LogP contribution in [-0.2, 0) is 19.3 Å². The molecule has 4 rings (SSSR count). The van der Waals surface area contributed by atoms with Crippen molar-refractivity contribution in [2.24, 2.45) is 0 Å². The molecule has 0 spiro atoms. The summed E-state index contributed by atoms with van der Waals surface area (Å²) < 4.78 is 12.9. The van der Waals surface area contributed by atoms with E-state index in [9.17, 15) is 4.39 Å². The second-order valence-corrected chi connectivity index (χ2v) is 6.03. The zero-order valence-corrected chi connectivity index (χ0v) is 13.2. The van der Waals surface area contributed by atoms with E-state index in [-0.39, 0.29) is 5.82 Å². The second-order valence-electron chi connectivity index (χ2n) is 6.03. The predicted octanol–water partition coefficient (Wildman–Crippen LogP) is 4.64. The van der Waals surface area contributed by atoms with Gasteiger partial charge in [0.1, 0.15) is 11.6 Å². The minimum Gasteiger partial charge on any atom is -0.241 e. The molecule has 0 radical (unpaired) electrons. The van der Waals surface area contributed by atoms with Crippen molar-refractivity contribution in [3.05, 3.63) is 89.3 Å². The fraction of sp³-hybridized carbons (Fsp3) is 0.143. The third kappa shape index (κ3) is 3.11. The maximum Gasteiger partial charge on any atom is 0.128 e. The molecule has 0 saturated heterocycles. The molecule has 1 aliphatic carbocycles. The second kappa shape index (κ2) is 6.36. The molecule has 0 atom stereocenters. The summed E-state index contributed by atoms with van der Waals surface area (Å²) in [7, 11) is 0. The molecule has 2 aromatic carbocycles. The van der Waals surface area contributed by atoms with Crippen LogP contribution in [-0.4, -0.2) is 9.97 Å². The molecule has 3 heteroatoms. The first-order valence-electron chi connectivity index (χ1n) is 8.13. The molecule has 1 heterocycles. The van der Waals surface area contributed by atoms with Gasteiger partial charge in [-0.25, -0.2) is 14.4 Å². The Morgan fingerprint density at radius 3 is 2.46 bits per heavy atom. The summed E-state index contributed by atoms with van der Waals surface area (Å²) in [6.07, 6.45) is 10.7. The van der Waals surface area contributed by atoms with Crippen LogP contribution in [0, 0.1) is 5.82 Å². The molecule has 0 amide bonds. The van der Waals surface area contributed by atoms with E-state index in [0.717, 1.165) is 41.8 Å². The predicted molar refractivity (Wildman–Crippen MR) is 94.0 cm³/mol. The highest BCUT2D eigenvalue weighted by molar-refractivity contribution is 5.69. The van der Waals surface area contributed by atoms with Crippen LogP contribution in [0.25, 0.3) is 17.2 Å². The molecular weight excluding hydrogens is 299 g/mol. The molecule has 1 aromatic heterocycles. The summed E-state index contributed by atoms with van der Waals surface area (Å²) in [4.78, 5) is 8.96. The first kappa shape index (κ1) is 14.8. The largest absolute Gasteiger partial charge is 0.241 e. The van der Waals surface area contributed by atoms with Gasteiger partial charge in [-0.05, 0) is 47.2 Å². The molecule has 0 aliphatic heterocycles. The van der Waals surface area contributed by atoms with Crippen molar-refractivity contribution in [1.82, 2.24) is 9.97 Å². The van der Waals surface area contributed by atoms with Crippen LogP contribution >= 0.6 is 0 Å². The van der Waals surface area contributed by atoms with Crippen LogP contribution in [0.1, 0.15) is 22.5 Å². The molecule has 3 aromatic rings. The monoisotopic (exact) mass is 316 g/mol. The molecular formula is C21H17FN2. The average molecular weight is 316 g/mol. The van der Waals surface area contributed by atoms with Gasteiger partial charge >= 0.3 is 0 Å². The van der Waals surface area contributed by atoms with E-state index < -0.39 is 0 Å². The van der Waals surface area contributed by atoms with Crippen molar-refractivity contribution in [3.63, 3.8) is 0 Å². The first-order chi connectivity index (χ1) is 11.8. The number of halogens is 1. The Balaban J connectivity index is 1.45. The smallest absolute Gasteiger partial charge is 0.128 e. The highest BCUT2D eigenvalue weighted by Gasteiger charge is 2.08. The third-order valence-corrected chi connectivity index (χ3v) is 4.37. The number of hydrogen-bond acceptors (Lipinski definition) is 2. The van der Waals surface area contributed by atoms with Crippen LogP contribution in [0.4, 0.5) is 4.39 Å². The van der Waals surface area contributed by atoms with E-state index in [4.69, 9.17) is 0 Å². The molecule has 0 saturated carbocycles. The Kier molecular flexibility index (Phi) is 3.91. The highest BCUT2D eigenvalue weighted by atomic mass is 19.1. The van der Waals surface area contributed by atoms with Gasteiger partial charge in [0.05, 0.1) is 0 Å². The van der Waals surface area contributed by atoms with Crippen LogP contribution in [0.2, 0.25) is 0 Å². The van der Waals surface area contributed by atoms with E-state index in [1.54, 1.807) is 0 Å². The van der Waals surface area contributed by atoms with Crippen molar-refractivity contribution in [2.45, 2.75) is 19.3 Å². The number of rotatable bonds is 4. The summed E-state index contributed by atoms with van der Waals surface area (Å²) in [6.45, 7) is 0. The van der Waals surface area contributed by atoms with Gasteiger partial charge in [-0.3, -0.25) is 0 Å². The third-order valence-electron chi connectivity index (χ3n) is 4.37. The lowest BCUT2D eigenvalue weighted by atomic mass is 10.0. The van der Waals surface area contributed by atoms with E-state index in [1.165, 1.54) is 23.3 Å². The molecule has 0 fully saturated rings. The fourth-order valence-electron chi connectivity index (χ4n) is 2.98. The van der Waals surface area contributed by atoms with Crippen molar-refractivity contribution in [2.75, 3.05) is 0 Å². The zero-order valence-electron chi connectivity index (χ0n) is 13.2. The SMILES string of the molecule is Fc1ccc(CCc2ncc(-c3ccc4c(c3)CC=C4)cn2)cc1. The lowest BCUT2D eigenvalue weighted by molar-refractivity contribution is 0.627. The minimum absolute atomic E-state index is 0.205. The maximum absolute atomic E-state index is 12.9. The van der Waals surface area contributed by atoms with Gasteiger partial charge in [-0.15, -0.1) is 0 Å². The average Bonchev–Trinajstić information content (AvgIpc) is 3.09.